The van der Waals surface area contributed by atoms with Crippen LogP contribution in [-0.4, -0.2) is 13.0 Å². The van der Waals surface area contributed by atoms with E-state index in [1.165, 1.54) is 25.2 Å². The van der Waals surface area contributed by atoms with Crippen LogP contribution in [0.1, 0.15) is 15.9 Å². The molecule has 1 amide bonds. The molecule has 0 bridgehead atoms. The highest BCUT2D eigenvalue weighted by Gasteiger charge is 2.09. The molecule has 0 aromatic heterocycles. The number of hydrogen-bond donors (Lipinski definition) is 2. The lowest BCUT2D eigenvalue weighted by atomic mass is 10.1. The molecule has 4 heteroatoms. The van der Waals surface area contributed by atoms with Gasteiger partial charge in [-0.05, 0) is 17.7 Å². The Morgan fingerprint density at radius 2 is 2.31 bits per heavy atom. The molecular formula is C9H11FN2O. The third kappa shape index (κ3) is 2.03. The van der Waals surface area contributed by atoms with Gasteiger partial charge < -0.3 is 11.1 Å². The van der Waals surface area contributed by atoms with Crippen molar-refractivity contribution in [2.24, 2.45) is 5.73 Å². The normalized spacial score (nSPS) is 9.77. The van der Waals surface area contributed by atoms with Crippen molar-refractivity contribution in [1.29, 1.82) is 0 Å². The van der Waals surface area contributed by atoms with E-state index in [0.717, 1.165) is 0 Å². The summed E-state index contributed by atoms with van der Waals surface area (Å²) < 4.78 is 12.8. The van der Waals surface area contributed by atoms with Crippen molar-refractivity contribution in [3.05, 3.63) is 35.1 Å². The van der Waals surface area contributed by atoms with E-state index in [-0.39, 0.29) is 12.5 Å². The Bertz CT molecular complexity index is 325. The highest BCUT2D eigenvalue weighted by atomic mass is 19.1. The van der Waals surface area contributed by atoms with Gasteiger partial charge in [-0.15, -0.1) is 0 Å². The molecule has 1 rings (SSSR count). The summed E-state index contributed by atoms with van der Waals surface area (Å²) in [5.41, 5.74) is 6.33. The number of nitrogens with two attached hydrogens (primary N) is 1. The minimum Gasteiger partial charge on any atom is -0.355 e. The molecule has 0 aliphatic heterocycles. The molecule has 0 atom stereocenters. The monoisotopic (exact) mass is 182 g/mol. The zero-order valence-corrected chi connectivity index (χ0v) is 7.30. The molecular weight excluding hydrogens is 171 g/mol. The zero-order chi connectivity index (χ0) is 9.84. The van der Waals surface area contributed by atoms with E-state index in [1.54, 1.807) is 0 Å². The van der Waals surface area contributed by atoms with Crippen molar-refractivity contribution in [2.45, 2.75) is 6.54 Å². The third-order valence-corrected chi connectivity index (χ3v) is 1.76. The zero-order valence-electron chi connectivity index (χ0n) is 7.30. The van der Waals surface area contributed by atoms with Crippen molar-refractivity contribution in [3.8, 4) is 0 Å². The summed E-state index contributed by atoms with van der Waals surface area (Å²) in [6.07, 6.45) is 0. The maximum Gasteiger partial charge on any atom is 0.251 e. The van der Waals surface area contributed by atoms with E-state index in [1.807, 2.05) is 0 Å². The van der Waals surface area contributed by atoms with Crippen LogP contribution in [0.4, 0.5) is 4.39 Å². The Kier molecular flexibility index (Phi) is 2.97. The van der Waals surface area contributed by atoms with E-state index < -0.39 is 5.82 Å². The first-order valence-corrected chi connectivity index (χ1v) is 3.89. The Labute approximate surface area is 75.7 Å². The van der Waals surface area contributed by atoms with E-state index in [9.17, 15) is 9.18 Å². The summed E-state index contributed by atoms with van der Waals surface area (Å²) in [7, 11) is 1.49. The Morgan fingerprint density at radius 3 is 2.85 bits per heavy atom. The predicted molar refractivity (Wildman–Crippen MR) is 47.7 cm³/mol. The quantitative estimate of drug-likeness (QED) is 0.705. The number of rotatable bonds is 2. The molecule has 1 aromatic carbocycles. The number of carbonyl (C=O) groups is 1. The topological polar surface area (TPSA) is 55.1 Å². The van der Waals surface area contributed by atoms with Crippen molar-refractivity contribution in [1.82, 2.24) is 5.32 Å². The number of halogens is 1. The van der Waals surface area contributed by atoms with Crippen LogP contribution in [0.3, 0.4) is 0 Å². The summed E-state index contributed by atoms with van der Waals surface area (Å²) in [6.45, 7) is 0.225. The fourth-order valence-electron chi connectivity index (χ4n) is 1.07. The molecule has 0 fully saturated rings. The van der Waals surface area contributed by atoms with Crippen LogP contribution < -0.4 is 11.1 Å². The first-order chi connectivity index (χ1) is 6.19. The van der Waals surface area contributed by atoms with Crippen LogP contribution in [0.5, 0.6) is 0 Å². The molecule has 0 saturated heterocycles. The smallest absolute Gasteiger partial charge is 0.251 e. The van der Waals surface area contributed by atoms with E-state index in [2.05, 4.69) is 5.32 Å². The molecule has 0 aliphatic rings. The molecule has 0 saturated carbocycles. The van der Waals surface area contributed by atoms with Crippen molar-refractivity contribution < 1.29 is 9.18 Å². The van der Waals surface area contributed by atoms with Crippen molar-refractivity contribution >= 4 is 5.91 Å². The van der Waals surface area contributed by atoms with Gasteiger partial charge >= 0.3 is 0 Å². The van der Waals surface area contributed by atoms with Crippen LogP contribution in [0.15, 0.2) is 18.2 Å². The Hall–Kier alpha value is -1.42. The van der Waals surface area contributed by atoms with Gasteiger partial charge in [0.25, 0.3) is 5.91 Å². The average Bonchev–Trinajstić information content (AvgIpc) is 2.16. The van der Waals surface area contributed by atoms with Crippen molar-refractivity contribution in [2.75, 3.05) is 7.05 Å². The number of benzene rings is 1. The second kappa shape index (κ2) is 4.00. The SMILES string of the molecule is CNC(=O)c1cc(F)ccc1CN. The predicted octanol–water partition coefficient (Wildman–Crippen LogP) is 0.644. The van der Waals surface area contributed by atoms with Gasteiger partial charge in [-0.2, -0.15) is 0 Å². The molecule has 70 valence electrons. The summed E-state index contributed by atoms with van der Waals surface area (Å²) in [5, 5.41) is 2.42. The summed E-state index contributed by atoms with van der Waals surface area (Å²) >= 11 is 0. The second-order valence-corrected chi connectivity index (χ2v) is 2.58. The van der Waals surface area contributed by atoms with Gasteiger partial charge in [-0.1, -0.05) is 6.07 Å². The standard InChI is InChI=1S/C9H11FN2O/c1-12-9(13)8-4-7(10)3-2-6(8)5-11/h2-4H,5,11H2,1H3,(H,12,13). The Balaban J connectivity index is 3.15. The lowest BCUT2D eigenvalue weighted by Crippen LogP contribution is -2.20. The van der Waals surface area contributed by atoms with Gasteiger partial charge in [-0.25, -0.2) is 4.39 Å². The van der Waals surface area contributed by atoms with Crippen molar-refractivity contribution in [3.63, 3.8) is 0 Å². The molecule has 0 radical (unpaired) electrons. The molecule has 0 unspecified atom stereocenters. The Morgan fingerprint density at radius 1 is 1.62 bits per heavy atom. The lowest BCUT2D eigenvalue weighted by Gasteiger charge is -2.05. The van der Waals surface area contributed by atoms with Gasteiger partial charge in [0, 0.05) is 19.2 Å². The first kappa shape index (κ1) is 9.67. The van der Waals surface area contributed by atoms with Crippen LogP contribution >= 0.6 is 0 Å². The second-order valence-electron chi connectivity index (χ2n) is 2.58. The molecule has 0 aliphatic carbocycles. The number of carbonyl (C=O) groups excluding carboxylic acids is 1. The fraction of sp³-hybridized carbons (Fsp3) is 0.222. The first-order valence-electron chi connectivity index (χ1n) is 3.89. The maximum absolute atomic E-state index is 12.8. The lowest BCUT2D eigenvalue weighted by molar-refractivity contribution is 0.0961. The van der Waals surface area contributed by atoms with E-state index in [0.29, 0.717) is 11.1 Å². The molecule has 1 aromatic rings. The van der Waals surface area contributed by atoms with Gasteiger partial charge in [-0.3, -0.25) is 4.79 Å². The number of nitrogens with one attached hydrogen (secondary N) is 1. The van der Waals surface area contributed by atoms with E-state index in [4.69, 9.17) is 5.73 Å². The largest absolute Gasteiger partial charge is 0.355 e. The van der Waals surface area contributed by atoms with Gasteiger partial charge in [0.1, 0.15) is 5.82 Å². The van der Waals surface area contributed by atoms with Crippen LogP contribution in [0.25, 0.3) is 0 Å². The molecule has 3 nitrogen and oxygen atoms in total. The molecule has 0 heterocycles. The van der Waals surface area contributed by atoms with Gasteiger partial charge in [0.05, 0.1) is 0 Å². The number of amides is 1. The van der Waals surface area contributed by atoms with Gasteiger partial charge in [0.15, 0.2) is 0 Å². The fourth-order valence-corrected chi connectivity index (χ4v) is 1.07. The van der Waals surface area contributed by atoms with Crippen LogP contribution in [0, 0.1) is 5.82 Å². The highest BCUT2D eigenvalue weighted by molar-refractivity contribution is 5.95. The average molecular weight is 182 g/mol. The molecule has 13 heavy (non-hydrogen) atoms. The third-order valence-electron chi connectivity index (χ3n) is 1.76. The van der Waals surface area contributed by atoms with Crippen LogP contribution in [0.2, 0.25) is 0 Å². The minimum absolute atomic E-state index is 0.225. The number of hydrogen-bond acceptors (Lipinski definition) is 2. The van der Waals surface area contributed by atoms with Crippen LogP contribution in [-0.2, 0) is 6.54 Å². The van der Waals surface area contributed by atoms with E-state index >= 15 is 0 Å². The van der Waals surface area contributed by atoms with Gasteiger partial charge in [0.2, 0.25) is 0 Å². The maximum atomic E-state index is 12.8. The summed E-state index contributed by atoms with van der Waals surface area (Å²) in [6, 6.07) is 3.98. The molecule has 3 N–H and O–H groups in total. The molecule has 0 spiro atoms. The summed E-state index contributed by atoms with van der Waals surface area (Å²) in [4.78, 5) is 11.2. The summed E-state index contributed by atoms with van der Waals surface area (Å²) in [5.74, 6) is -0.754. The highest BCUT2D eigenvalue weighted by Crippen LogP contribution is 2.10. The minimum atomic E-state index is -0.434.